The molecule has 3 aromatic rings. The molecular weight excluding hydrogens is 434 g/mol. The van der Waals surface area contributed by atoms with Gasteiger partial charge in [-0.1, -0.05) is 36.6 Å². The van der Waals surface area contributed by atoms with Crippen molar-refractivity contribution in [3.05, 3.63) is 71.4 Å². The molecule has 170 valence electrons. The van der Waals surface area contributed by atoms with Gasteiger partial charge in [0, 0.05) is 35.6 Å². The van der Waals surface area contributed by atoms with Crippen molar-refractivity contribution < 1.29 is 4.79 Å². The Labute approximate surface area is 199 Å². The molecular formula is C26H28ClN5O. The van der Waals surface area contributed by atoms with Crippen LogP contribution < -0.4 is 15.5 Å². The third kappa shape index (κ3) is 4.67. The third-order valence-corrected chi connectivity index (χ3v) is 7.07. The largest absolute Gasteiger partial charge is 0.370 e. The molecule has 1 aliphatic carbocycles. The molecule has 2 N–H and O–H groups in total. The van der Waals surface area contributed by atoms with Gasteiger partial charge in [-0.2, -0.15) is 5.10 Å². The second-order valence-electron chi connectivity index (χ2n) is 8.95. The molecule has 1 saturated carbocycles. The molecule has 7 heteroatoms. The van der Waals surface area contributed by atoms with Crippen LogP contribution in [0.1, 0.15) is 44.1 Å². The normalized spacial score (nSPS) is 17.2. The van der Waals surface area contributed by atoms with Crippen LogP contribution in [0.4, 0.5) is 22.9 Å². The molecule has 0 radical (unpaired) electrons. The summed E-state index contributed by atoms with van der Waals surface area (Å²) >= 11 is 6.07. The first kappa shape index (κ1) is 21.7. The fourth-order valence-corrected chi connectivity index (χ4v) is 5.12. The molecule has 1 amide bonds. The van der Waals surface area contributed by atoms with E-state index in [0.29, 0.717) is 10.8 Å². The summed E-state index contributed by atoms with van der Waals surface area (Å²) in [5.74, 6) is 0.760. The molecule has 0 unspecified atom stereocenters. The number of hydrogen-bond donors (Lipinski definition) is 2. The quantitative estimate of drug-likeness (QED) is 0.476. The van der Waals surface area contributed by atoms with E-state index in [1.54, 1.807) is 0 Å². The number of carbonyl (C=O) groups excluding carboxylic acids is 1. The van der Waals surface area contributed by atoms with Crippen molar-refractivity contribution in [2.75, 3.05) is 28.6 Å². The highest BCUT2D eigenvalue weighted by atomic mass is 35.5. The van der Waals surface area contributed by atoms with Crippen LogP contribution in [0.15, 0.2) is 60.8 Å². The first-order chi connectivity index (χ1) is 16.1. The molecule has 0 spiro atoms. The summed E-state index contributed by atoms with van der Waals surface area (Å²) in [4.78, 5) is 15.7. The number of hydrogen-bond acceptors (Lipinski definition) is 5. The van der Waals surface area contributed by atoms with E-state index in [4.69, 9.17) is 11.6 Å². The van der Waals surface area contributed by atoms with E-state index in [9.17, 15) is 4.79 Å². The predicted octanol–water partition coefficient (Wildman–Crippen LogP) is 5.92. The summed E-state index contributed by atoms with van der Waals surface area (Å²) in [6, 6.07) is 17.5. The van der Waals surface area contributed by atoms with Gasteiger partial charge in [-0.3, -0.25) is 4.79 Å². The monoisotopic (exact) mass is 461 g/mol. The molecule has 1 saturated heterocycles. The van der Waals surface area contributed by atoms with Gasteiger partial charge >= 0.3 is 0 Å². The topological polar surface area (TPSA) is 70.2 Å². The van der Waals surface area contributed by atoms with Crippen LogP contribution in [0, 0.1) is 0 Å². The zero-order chi connectivity index (χ0) is 22.7. The highest BCUT2D eigenvalue weighted by Crippen LogP contribution is 2.42. The van der Waals surface area contributed by atoms with Crippen LogP contribution in [0.5, 0.6) is 0 Å². The standard InChI is InChI=1S/C26H28ClN5O/c27-20-7-5-19(6-8-20)26(13-1-2-14-26)25(33)30-22-11-9-21(10-12-22)29-24-17-23(18-28-31-24)32-15-3-4-16-32/h5-12,17-18H,1-4,13-16H2,(H,29,31)(H,30,33). The van der Waals surface area contributed by atoms with Crippen LogP contribution in [0.3, 0.4) is 0 Å². The van der Waals surface area contributed by atoms with Crippen molar-refractivity contribution in [2.24, 2.45) is 0 Å². The van der Waals surface area contributed by atoms with Gasteiger partial charge < -0.3 is 15.5 Å². The third-order valence-electron chi connectivity index (χ3n) is 6.82. The van der Waals surface area contributed by atoms with Crippen LogP contribution in [-0.4, -0.2) is 29.2 Å². The van der Waals surface area contributed by atoms with E-state index < -0.39 is 5.41 Å². The Kier molecular flexibility index (Phi) is 6.18. The summed E-state index contributed by atoms with van der Waals surface area (Å²) in [5.41, 5.74) is 3.32. The highest BCUT2D eigenvalue weighted by molar-refractivity contribution is 6.30. The number of aromatic nitrogens is 2. The van der Waals surface area contributed by atoms with Crippen LogP contribution in [-0.2, 0) is 10.2 Å². The molecule has 2 aromatic carbocycles. The van der Waals surface area contributed by atoms with Crippen molar-refractivity contribution >= 4 is 40.4 Å². The van der Waals surface area contributed by atoms with Gasteiger partial charge in [0.2, 0.25) is 5.91 Å². The van der Waals surface area contributed by atoms with Crippen molar-refractivity contribution in [1.29, 1.82) is 0 Å². The number of nitrogens with one attached hydrogen (secondary N) is 2. The predicted molar refractivity (Wildman–Crippen MR) is 133 cm³/mol. The fourth-order valence-electron chi connectivity index (χ4n) is 5.00. The lowest BCUT2D eigenvalue weighted by molar-refractivity contribution is -0.121. The Bertz CT molecular complexity index is 1100. The van der Waals surface area contributed by atoms with Crippen LogP contribution >= 0.6 is 11.6 Å². The minimum Gasteiger partial charge on any atom is -0.370 e. The zero-order valence-corrected chi connectivity index (χ0v) is 19.3. The lowest BCUT2D eigenvalue weighted by Crippen LogP contribution is -2.37. The summed E-state index contributed by atoms with van der Waals surface area (Å²) in [6.45, 7) is 2.13. The molecule has 33 heavy (non-hydrogen) atoms. The molecule has 1 aromatic heterocycles. The molecule has 2 fully saturated rings. The van der Waals surface area contributed by atoms with Gasteiger partial charge in [-0.15, -0.1) is 5.10 Å². The lowest BCUT2D eigenvalue weighted by atomic mass is 9.78. The number of nitrogens with zero attached hydrogens (tertiary/aromatic N) is 3. The van der Waals surface area contributed by atoms with Crippen molar-refractivity contribution in [1.82, 2.24) is 10.2 Å². The minimum absolute atomic E-state index is 0.0483. The molecule has 0 atom stereocenters. The molecule has 1 aliphatic heterocycles. The van der Waals surface area contributed by atoms with Gasteiger partial charge in [0.15, 0.2) is 5.82 Å². The Balaban J connectivity index is 1.27. The van der Waals surface area contributed by atoms with Crippen molar-refractivity contribution in [3.8, 4) is 0 Å². The number of carbonyl (C=O) groups is 1. The lowest BCUT2D eigenvalue weighted by Gasteiger charge is -2.28. The average molecular weight is 462 g/mol. The Morgan fingerprint density at radius 2 is 1.58 bits per heavy atom. The SMILES string of the molecule is O=C(Nc1ccc(Nc2cc(N3CCCC3)cnn2)cc1)C1(c2ccc(Cl)cc2)CCCC1. The maximum Gasteiger partial charge on any atom is 0.235 e. The van der Waals surface area contributed by atoms with Gasteiger partial charge in [0.1, 0.15) is 0 Å². The van der Waals surface area contributed by atoms with E-state index in [2.05, 4.69) is 25.7 Å². The maximum absolute atomic E-state index is 13.4. The molecule has 0 bridgehead atoms. The van der Waals surface area contributed by atoms with Gasteiger partial charge in [0.05, 0.1) is 17.3 Å². The molecule has 6 nitrogen and oxygen atoms in total. The van der Waals surface area contributed by atoms with E-state index in [-0.39, 0.29) is 5.91 Å². The Morgan fingerprint density at radius 1 is 0.909 bits per heavy atom. The van der Waals surface area contributed by atoms with Gasteiger partial charge in [0.25, 0.3) is 0 Å². The number of benzene rings is 2. The molecule has 2 aliphatic rings. The number of amides is 1. The van der Waals surface area contributed by atoms with Crippen LogP contribution in [0.2, 0.25) is 5.02 Å². The Hall–Kier alpha value is -3.12. The number of anilines is 4. The summed E-state index contributed by atoms with van der Waals surface area (Å²) < 4.78 is 0. The fraction of sp³-hybridized carbons (Fsp3) is 0.346. The van der Waals surface area contributed by atoms with Gasteiger partial charge in [-0.05, 0) is 67.6 Å². The van der Waals surface area contributed by atoms with E-state index in [1.807, 2.05) is 60.8 Å². The zero-order valence-electron chi connectivity index (χ0n) is 18.6. The van der Waals surface area contributed by atoms with Crippen molar-refractivity contribution in [2.45, 2.75) is 43.9 Å². The highest BCUT2D eigenvalue weighted by Gasteiger charge is 2.42. The minimum atomic E-state index is -0.493. The van der Waals surface area contributed by atoms with E-state index >= 15 is 0 Å². The summed E-state index contributed by atoms with van der Waals surface area (Å²) in [5, 5.41) is 15.5. The maximum atomic E-state index is 13.4. The second kappa shape index (κ2) is 9.40. The first-order valence-corrected chi connectivity index (χ1v) is 12.0. The first-order valence-electron chi connectivity index (χ1n) is 11.6. The van der Waals surface area contributed by atoms with Crippen LogP contribution in [0.25, 0.3) is 0 Å². The molecule has 2 heterocycles. The molecule has 5 rings (SSSR count). The summed E-state index contributed by atoms with van der Waals surface area (Å²) in [6.07, 6.45) is 8.06. The smallest absolute Gasteiger partial charge is 0.235 e. The van der Waals surface area contributed by atoms with Crippen molar-refractivity contribution in [3.63, 3.8) is 0 Å². The number of halogens is 1. The number of rotatable bonds is 6. The summed E-state index contributed by atoms with van der Waals surface area (Å²) in [7, 11) is 0. The average Bonchev–Trinajstić information content (AvgIpc) is 3.54. The van der Waals surface area contributed by atoms with E-state index in [1.165, 1.54) is 12.8 Å². The van der Waals surface area contributed by atoms with E-state index in [0.717, 1.165) is 61.4 Å². The Morgan fingerprint density at radius 3 is 2.27 bits per heavy atom. The van der Waals surface area contributed by atoms with Gasteiger partial charge in [-0.25, -0.2) is 0 Å². The second-order valence-corrected chi connectivity index (χ2v) is 9.38.